The summed E-state index contributed by atoms with van der Waals surface area (Å²) in [5.41, 5.74) is 1.75. The van der Waals surface area contributed by atoms with Gasteiger partial charge in [0, 0.05) is 12.5 Å². The zero-order chi connectivity index (χ0) is 13.0. The Kier molecular flexibility index (Phi) is 3.87. The fraction of sp³-hybridized carbons (Fsp3) is 0.357. The van der Waals surface area contributed by atoms with Crippen LogP contribution in [0.15, 0.2) is 24.3 Å². The fourth-order valence-electron chi connectivity index (χ4n) is 1.73. The minimum atomic E-state index is -0.361. The Bertz CT molecular complexity index is 477. The van der Waals surface area contributed by atoms with Gasteiger partial charge in [-0.25, -0.2) is 4.79 Å². The number of hydrogen-bond donors (Lipinski definition) is 0. The van der Waals surface area contributed by atoms with Crippen LogP contribution in [-0.4, -0.2) is 26.3 Å². The molecule has 1 aliphatic heterocycles. The maximum absolute atomic E-state index is 11.2. The molecule has 0 aliphatic carbocycles. The quantitative estimate of drug-likeness (QED) is 0.595. The highest BCUT2D eigenvalue weighted by atomic mass is 16.5. The van der Waals surface area contributed by atoms with E-state index >= 15 is 0 Å². The van der Waals surface area contributed by atoms with Gasteiger partial charge in [0.25, 0.3) is 0 Å². The first-order valence-electron chi connectivity index (χ1n) is 5.87. The van der Waals surface area contributed by atoms with E-state index in [0.29, 0.717) is 13.2 Å². The molecule has 0 aromatic heterocycles. The summed E-state index contributed by atoms with van der Waals surface area (Å²) in [4.78, 5) is 11.2. The van der Waals surface area contributed by atoms with Crippen LogP contribution >= 0.6 is 0 Å². The third-order valence-corrected chi connectivity index (χ3v) is 2.74. The Morgan fingerprint density at radius 3 is 2.72 bits per heavy atom. The molecular formula is C14H16O4. The molecule has 96 valence electrons. The normalized spacial score (nSPS) is 14.9. The number of allylic oxidation sites excluding steroid dienone is 1. The molecule has 0 saturated heterocycles. The fourth-order valence-corrected chi connectivity index (χ4v) is 1.73. The van der Waals surface area contributed by atoms with Crippen LogP contribution in [0.2, 0.25) is 0 Å². The van der Waals surface area contributed by atoms with Gasteiger partial charge in [0.1, 0.15) is 0 Å². The molecule has 18 heavy (non-hydrogen) atoms. The van der Waals surface area contributed by atoms with E-state index in [9.17, 15) is 4.79 Å². The van der Waals surface area contributed by atoms with Crippen LogP contribution in [-0.2, 0) is 9.53 Å². The molecule has 1 aliphatic rings. The lowest BCUT2D eigenvalue weighted by Gasteiger charge is -2.09. The van der Waals surface area contributed by atoms with Gasteiger partial charge in [-0.2, -0.15) is 0 Å². The Labute approximate surface area is 106 Å². The highest BCUT2D eigenvalue weighted by Gasteiger charge is 2.11. The predicted molar refractivity (Wildman–Crippen MR) is 67.7 cm³/mol. The summed E-state index contributed by atoms with van der Waals surface area (Å²) in [7, 11) is 1.36. The monoisotopic (exact) mass is 248 g/mol. The first kappa shape index (κ1) is 12.5. The summed E-state index contributed by atoms with van der Waals surface area (Å²) in [5.74, 6) is 1.12. The number of ether oxygens (including phenoxy) is 3. The van der Waals surface area contributed by atoms with Crippen LogP contribution in [0.25, 0.3) is 5.57 Å². The van der Waals surface area contributed by atoms with Crippen LogP contribution in [0.1, 0.15) is 18.9 Å². The van der Waals surface area contributed by atoms with Gasteiger partial charge in [-0.05, 0) is 30.2 Å². The topological polar surface area (TPSA) is 44.8 Å². The zero-order valence-corrected chi connectivity index (χ0v) is 10.6. The second-order valence-corrected chi connectivity index (χ2v) is 4.06. The highest BCUT2D eigenvalue weighted by molar-refractivity contribution is 5.91. The number of hydrogen-bond acceptors (Lipinski definition) is 4. The van der Waals surface area contributed by atoms with Gasteiger partial charge in [-0.3, -0.25) is 0 Å². The second-order valence-electron chi connectivity index (χ2n) is 4.06. The molecule has 0 unspecified atom stereocenters. The smallest absolute Gasteiger partial charge is 0.330 e. The molecule has 0 atom stereocenters. The molecule has 2 rings (SSSR count). The predicted octanol–water partition coefficient (Wildman–Crippen LogP) is 2.42. The summed E-state index contributed by atoms with van der Waals surface area (Å²) in [6, 6.07) is 5.66. The summed E-state index contributed by atoms with van der Waals surface area (Å²) < 4.78 is 15.8. The number of benzene rings is 1. The minimum Gasteiger partial charge on any atom is -0.490 e. The first-order valence-corrected chi connectivity index (χ1v) is 5.87. The molecule has 1 heterocycles. The third kappa shape index (κ3) is 2.83. The van der Waals surface area contributed by atoms with Crippen molar-refractivity contribution in [3.8, 4) is 11.5 Å². The summed E-state index contributed by atoms with van der Waals surface area (Å²) >= 11 is 0. The van der Waals surface area contributed by atoms with Crippen molar-refractivity contribution in [3.63, 3.8) is 0 Å². The lowest BCUT2D eigenvalue weighted by molar-refractivity contribution is -0.134. The maximum Gasteiger partial charge on any atom is 0.330 e. The largest absolute Gasteiger partial charge is 0.490 e. The van der Waals surface area contributed by atoms with Gasteiger partial charge < -0.3 is 14.2 Å². The van der Waals surface area contributed by atoms with Crippen LogP contribution in [0.3, 0.4) is 0 Å². The molecular weight excluding hydrogens is 232 g/mol. The van der Waals surface area contributed by atoms with Gasteiger partial charge >= 0.3 is 5.97 Å². The first-order chi connectivity index (χ1) is 8.70. The van der Waals surface area contributed by atoms with Crippen LogP contribution in [0.5, 0.6) is 11.5 Å². The molecule has 0 spiro atoms. The van der Waals surface area contributed by atoms with E-state index in [1.165, 1.54) is 13.2 Å². The van der Waals surface area contributed by atoms with E-state index in [1.54, 1.807) is 0 Å². The minimum absolute atomic E-state index is 0.361. The standard InChI is InChI=1S/C14H16O4/c1-10(8-14(15)16-2)11-4-5-12-13(9-11)18-7-3-6-17-12/h4-5,8-9H,3,6-7H2,1-2H3/b10-8-. The van der Waals surface area contributed by atoms with Crippen LogP contribution in [0, 0.1) is 0 Å². The average molecular weight is 248 g/mol. The van der Waals surface area contributed by atoms with E-state index in [4.69, 9.17) is 9.47 Å². The second kappa shape index (κ2) is 5.58. The molecule has 0 saturated carbocycles. The molecule has 0 amide bonds. The van der Waals surface area contributed by atoms with Gasteiger partial charge in [-0.15, -0.1) is 0 Å². The zero-order valence-electron chi connectivity index (χ0n) is 10.6. The van der Waals surface area contributed by atoms with E-state index < -0.39 is 0 Å². The highest BCUT2D eigenvalue weighted by Crippen LogP contribution is 2.32. The van der Waals surface area contributed by atoms with Crippen LogP contribution in [0.4, 0.5) is 0 Å². The summed E-state index contributed by atoms with van der Waals surface area (Å²) in [6.45, 7) is 3.18. The van der Waals surface area contributed by atoms with Crippen molar-refractivity contribution < 1.29 is 19.0 Å². The number of rotatable bonds is 2. The number of methoxy groups -OCH3 is 1. The lowest BCUT2D eigenvalue weighted by Crippen LogP contribution is -1.97. The average Bonchev–Trinajstić information content (AvgIpc) is 2.62. The molecule has 0 radical (unpaired) electrons. The number of esters is 1. The maximum atomic E-state index is 11.2. The lowest BCUT2D eigenvalue weighted by atomic mass is 10.1. The number of fused-ring (bicyclic) bond motifs is 1. The Morgan fingerprint density at radius 1 is 1.28 bits per heavy atom. The van der Waals surface area contributed by atoms with Crippen molar-refractivity contribution in [2.45, 2.75) is 13.3 Å². The number of carbonyl (C=O) groups is 1. The molecule has 4 heteroatoms. The van der Waals surface area contributed by atoms with Crippen LogP contribution < -0.4 is 9.47 Å². The van der Waals surface area contributed by atoms with Gasteiger partial charge in [0.05, 0.1) is 20.3 Å². The van der Waals surface area contributed by atoms with E-state index in [2.05, 4.69) is 4.74 Å². The van der Waals surface area contributed by atoms with Gasteiger partial charge in [0.15, 0.2) is 11.5 Å². The summed E-state index contributed by atoms with van der Waals surface area (Å²) in [6.07, 6.45) is 2.33. The van der Waals surface area contributed by atoms with Crippen molar-refractivity contribution in [1.82, 2.24) is 0 Å². The van der Waals surface area contributed by atoms with Gasteiger partial charge in [-0.1, -0.05) is 6.07 Å². The Balaban J connectivity index is 2.27. The molecule has 0 fully saturated rings. The molecule has 0 N–H and O–H groups in total. The van der Waals surface area contributed by atoms with E-state index in [-0.39, 0.29) is 5.97 Å². The van der Waals surface area contributed by atoms with E-state index in [1.807, 2.05) is 25.1 Å². The van der Waals surface area contributed by atoms with Crippen molar-refractivity contribution in [2.75, 3.05) is 20.3 Å². The SMILES string of the molecule is COC(=O)/C=C(/C)c1ccc2c(c1)OCCCO2. The van der Waals surface area contributed by atoms with Crippen molar-refractivity contribution >= 4 is 11.5 Å². The molecule has 4 nitrogen and oxygen atoms in total. The van der Waals surface area contributed by atoms with Gasteiger partial charge in [0.2, 0.25) is 0 Å². The third-order valence-electron chi connectivity index (χ3n) is 2.74. The Morgan fingerprint density at radius 2 is 2.00 bits per heavy atom. The molecule has 1 aromatic rings. The number of carbonyl (C=O) groups excluding carboxylic acids is 1. The van der Waals surface area contributed by atoms with Crippen molar-refractivity contribution in [3.05, 3.63) is 29.8 Å². The Hall–Kier alpha value is -1.97. The molecule has 0 bridgehead atoms. The van der Waals surface area contributed by atoms with E-state index in [0.717, 1.165) is 29.1 Å². The molecule has 1 aromatic carbocycles. The summed E-state index contributed by atoms with van der Waals surface area (Å²) in [5, 5.41) is 0. The van der Waals surface area contributed by atoms with Crippen molar-refractivity contribution in [1.29, 1.82) is 0 Å². The van der Waals surface area contributed by atoms with Crippen molar-refractivity contribution in [2.24, 2.45) is 0 Å².